The Bertz CT molecular complexity index is 690. The van der Waals surface area contributed by atoms with Gasteiger partial charge >= 0.3 is 5.97 Å². The first kappa shape index (κ1) is 16.2. The van der Waals surface area contributed by atoms with Gasteiger partial charge in [0.05, 0.1) is 12.2 Å². The molecule has 0 saturated heterocycles. The number of aryl methyl sites for hydroxylation is 1. The Morgan fingerprint density at radius 3 is 2.67 bits per heavy atom. The number of hydrogen-bond acceptors (Lipinski definition) is 5. The van der Waals surface area contributed by atoms with E-state index in [1.807, 2.05) is 25.3 Å². The van der Waals surface area contributed by atoms with Gasteiger partial charge in [0.2, 0.25) is 0 Å². The molecule has 2 aromatic heterocycles. The molecule has 0 bridgehead atoms. The number of amides is 1. The van der Waals surface area contributed by atoms with Crippen molar-refractivity contribution in [3.8, 4) is 0 Å². The van der Waals surface area contributed by atoms with Gasteiger partial charge in [-0.25, -0.2) is 4.79 Å². The van der Waals surface area contributed by atoms with Gasteiger partial charge in [-0.2, -0.15) is 0 Å². The zero-order valence-corrected chi connectivity index (χ0v) is 15.0. The molecule has 1 amide bonds. The van der Waals surface area contributed by atoms with E-state index in [0.29, 0.717) is 22.0 Å². The van der Waals surface area contributed by atoms with Gasteiger partial charge in [-0.15, -0.1) is 22.7 Å². The standard InChI is InChI=1S/C14H14BrNO3S2/c1-4-19-14(18)10-7(2)8(3)21-13(10)16-12(17)11-9(15)5-6-20-11/h5-6H,4H2,1-3H3,(H,16,17). The molecule has 0 aromatic carbocycles. The number of nitrogens with one attached hydrogen (secondary N) is 1. The fraction of sp³-hybridized carbons (Fsp3) is 0.286. The maximum Gasteiger partial charge on any atom is 0.341 e. The second-order valence-electron chi connectivity index (χ2n) is 4.26. The van der Waals surface area contributed by atoms with Crippen LogP contribution < -0.4 is 5.32 Å². The van der Waals surface area contributed by atoms with Gasteiger partial charge in [-0.05, 0) is 53.7 Å². The molecular weight excluding hydrogens is 374 g/mol. The molecule has 7 heteroatoms. The first-order valence-corrected chi connectivity index (χ1v) is 8.76. The summed E-state index contributed by atoms with van der Waals surface area (Å²) in [5, 5.41) is 5.18. The highest BCUT2D eigenvalue weighted by atomic mass is 79.9. The number of rotatable bonds is 4. The van der Waals surface area contributed by atoms with Crippen molar-refractivity contribution in [2.45, 2.75) is 20.8 Å². The predicted octanol–water partition coefficient (Wildman–Crippen LogP) is 4.62. The number of thiophene rings is 2. The summed E-state index contributed by atoms with van der Waals surface area (Å²) in [6.07, 6.45) is 0. The van der Waals surface area contributed by atoms with Crippen LogP contribution in [0.4, 0.5) is 5.00 Å². The first-order chi connectivity index (χ1) is 9.95. The van der Waals surface area contributed by atoms with E-state index in [9.17, 15) is 9.59 Å². The van der Waals surface area contributed by atoms with E-state index >= 15 is 0 Å². The molecule has 112 valence electrons. The Morgan fingerprint density at radius 2 is 2.10 bits per heavy atom. The summed E-state index contributed by atoms with van der Waals surface area (Å²) >= 11 is 6.06. The molecular formula is C14H14BrNO3S2. The highest BCUT2D eigenvalue weighted by Gasteiger charge is 2.23. The van der Waals surface area contributed by atoms with E-state index in [0.717, 1.165) is 14.9 Å². The van der Waals surface area contributed by atoms with Gasteiger partial charge in [0.1, 0.15) is 9.88 Å². The number of carbonyl (C=O) groups is 2. The van der Waals surface area contributed by atoms with Gasteiger partial charge in [0, 0.05) is 9.35 Å². The van der Waals surface area contributed by atoms with E-state index in [4.69, 9.17) is 4.74 Å². The van der Waals surface area contributed by atoms with E-state index in [1.54, 1.807) is 6.92 Å². The minimum Gasteiger partial charge on any atom is -0.462 e. The van der Waals surface area contributed by atoms with Crippen LogP contribution in [-0.4, -0.2) is 18.5 Å². The van der Waals surface area contributed by atoms with Crippen molar-refractivity contribution >= 4 is 55.5 Å². The second-order valence-corrected chi connectivity index (χ2v) is 7.25. The zero-order chi connectivity index (χ0) is 15.6. The van der Waals surface area contributed by atoms with Gasteiger partial charge in [0.15, 0.2) is 0 Å². The lowest BCUT2D eigenvalue weighted by molar-refractivity contribution is 0.0527. The monoisotopic (exact) mass is 387 g/mol. The third-order valence-electron chi connectivity index (χ3n) is 2.92. The summed E-state index contributed by atoms with van der Waals surface area (Å²) in [5.41, 5.74) is 1.29. The summed E-state index contributed by atoms with van der Waals surface area (Å²) in [5.74, 6) is -0.636. The Hall–Kier alpha value is -1.18. The van der Waals surface area contributed by atoms with Gasteiger partial charge < -0.3 is 10.1 Å². The Morgan fingerprint density at radius 1 is 1.38 bits per heavy atom. The molecule has 0 aliphatic rings. The first-order valence-electron chi connectivity index (χ1n) is 6.27. The van der Waals surface area contributed by atoms with Crippen LogP contribution in [0.5, 0.6) is 0 Å². The quantitative estimate of drug-likeness (QED) is 0.778. The largest absolute Gasteiger partial charge is 0.462 e. The van der Waals surface area contributed by atoms with Crippen LogP contribution in [0, 0.1) is 13.8 Å². The van der Waals surface area contributed by atoms with E-state index in [-0.39, 0.29) is 5.91 Å². The summed E-state index contributed by atoms with van der Waals surface area (Å²) in [7, 11) is 0. The van der Waals surface area contributed by atoms with E-state index in [2.05, 4.69) is 21.2 Å². The minimum absolute atomic E-state index is 0.233. The van der Waals surface area contributed by atoms with Crippen molar-refractivity contribution < 1.29 is 14.3 Å². The van der Waals surface area contributed by atoms with Crippen LogP contribution in [0.2, 0.25) is 0 Å². The summed E-state index contributed by atoms with van der Waals surface area (Å²) in [6, 6.07) is 1.82. The van der Waals surface area contributed by atoms with E-state index < -0.39 is 5.97 Å². The summed E-state index contributed by atoms with van der Waals surface area (Å²) < 4.78 is 5.81. The van der Waals surface area contributed by atoms with Crippen LogP contribution in [0.1, 0.15) is 37.4 Å². The second kappa shape index (κ2) is 6.72. The Labute approximate surface area is 139 Å². The molecule has 0 saturated carbocycles. The highest BCUT2D eigenvalue weighted by Crippen LogP contribution is 2.34. The molecule has 2 aromatic rings. The number of esters is 1. The fourth-order valence-electron chi connectivity index (χ4n) is 1.78. The van der Waals surface area contributed by atoms with Crippen LogP contribution in [0.3, 0.4) is 0 Å². The summed E-state index contributed by atoms with van der Waals surface area (Å²) in [4.78, 5) is 25.9. The molecule has 4 nitrogen and oxygen atoms in total. The van der Waals surface area contributed by atoms with Crippen molar-refractivity contribution in [1.29, 1.82) is 0 Å². The number of hydrogen-bond donors (Lipinski definition) is 1. The van der Waals surface area contributed by atoms with Crippen molar-refractivity contribution in [1.82, 2.24) is 0 Å². The van der Waals surface area contributed by atoms with Crippen molar-refractivity contribution in [3.05, 3.63) is 36.8 Å². The lowest BCUT2D eigenvalue weighted by Crippen LogP contribution is -2.14. The smallest absolute Gasteiger partial charge is 0.341 e. The van der Waals surface area contributed by atoms with Crippen molar-refractivity contribution in [2.75, 3.05) is 11.9 Å². The molecule has 0 aliphatic carbocycles. The van der Waals surface area contributed by atoms with Gasteiger partial charge in [-0.3, -0.25) is 4.79 Å². The molecule has 2 rings (SSSR count). The average molecular weight is 388 g/mol. The summed E-state index contributed by atoms with van der Waals surface area (Å²) in [6.45, 7) is 5.83. The van der Waals surface area contributed by atoms with Crippen LogP contribution in [-0.2, 0) is 4.74 Å². The third-order valence-corrected chi connectivity index (χ3v) is 5.87. The molecule has 0 spiro atoms. The maximum absolute atomic E-state index is 12.3. The lowest BCUT2D eigenvalue weighted by Gasteiger charge is -2.06. The van der Waals surface area contributed by atoms with Crippen LogP contribution in [0.25, 0.3) is 0 Å². The Kier molecular flexibility index (Phi) is 5.18. The van der Waals surface area contributed by atoms with Crippen LogP contribution >= 0.6 is 38.6 Å². The number of ether oxygens (including phenoxy) is 1. The number of anilines is 1. The highest BCUT2D eigenvalue weighted by molar-refractivity contribution is 9.10. The van der Waals surface area contributed by atoms with Gasteiger partial charge in [0.25, 0.3) is 5.91 Å². The van der Waals surface area contributed by atoms with Crippen molar-refractivity contribution in [2.24, 2.45) is 0 Å². The topological polar surface area (TPSA) is 55.4 Å². The maximum atomic E-state index is 12.3. The average Bonchev–Trinajstić information content (AvgIpc) is 2.95. The molecule has 0 atom stereocenters. The Balaban J connectivity index is 2.32. The third kappa shape index (κ3) is 3.36. The molecule has 0 unspecified atom stereocenters. The number of halogens is 1. The SMILES string of the molecule is CCOC(=O)c1c(NC(=O)c2sccc2Br)sc(C)c1C. The molecule has 0 fully saturated rings. The molecule has 0 aliphatic heterocycles. The molecule has 21 heavy (non-hydrogen) atoms. The molecule has 2 heterocycles. The van der Waals surface area contributed by atoms with Crippen LogP contribution in [0.15, 0.2) is 15.9 Å². The van der Waals surface area contributed by atoms with Gasteiger partial charge in [-0.1, -0.05) is 0 Å². The number of carbonyl (C=O) groups excluding carboxylic acids is 2. The lowest BCUT2D eigenvalue weighted by atomic mass is 10.1. The van der Waals surface area contributed by atoms with Crippen molar-refractivity contribution in [3.63, 3.8) is 0 Å². The zero-order valence-electron chi connectivity index (χ0n) is 11.8. The normalized spacial score (nSPS) is 10.5. The van der Waals surface area contributed by atoms with E-state index in [1.165, 1.54) is 22.7 Å². The molecule has 1 N–H and O–H groups in total. The predicted molar refractivity (Wildman–Crippen MR) is 89.7 cm³/mol. The molecule has 0 radical (unpaired) electrons. The minimum atomic E-state index is -0.403. The fourth-order valence-corrected chi connectivity index (χ4v) is 4.27.